The van der Waals surface area contributed by atoms with Crippen molar-refractivity contribution < 1.29 is 4.74 Å². The molecule has 2 atom stereocenters. The van der Waals surface area contributed by atoms with Gasteiger partial charge in [0.15, 0.2) is 0 Å². The molecule has 0 radical (unpaired) electrons. The molecular formula is C11H17ClN2O. The Bertz CT molecular complexity index is 304. The van der Waals surface area contributed by atoms with Crippen LogP contribution in [0.4, 0.5) is 0 Å². The number of rotatable bonds is 5. The Morgan fingerprint density at radius 3 is 2.73 bits per heavy atom. The van der Waals surface area contributed by atoms with E-state index in [0.29, 0.717) is 12.5 Å². The van der Waals surface area contributed by atoms with Crippen LogP contribution in [-0.2, 0) is 0 Å². The summed E-state index contributed by atoms with van der Waals surface area (Å²) in [6, 6.07) is 1.86. The fourth-order valence-corrected chi connectivity index (χ4v) is 1.25. The highest BCUT2D eigenvalue weighted by Gasteiger charge is 2.14. The molecule has 0 saturated heterocycles. The van der Waals surface area contributed by atoms with Gasteiger partial charge in [0.1, 0.15) is 6.33 Å². The lowest BCUT2D eigenvalue weighted by Crippen LogP contribution is -2.08. The van der Waals surface area contributed by atoms with Crippen LogP contribution >= 0.6 is 11.6 Å². The first-order valence-electron chi connectivity index (χ1n) is 5.24. The third kappa shape index (κ3) is 3.67. The third-order valence-corrected chi connectivity index (χ3v) is 2.65. The minimum absolute atomic E-state index is 0.0546. The summed E-state index contributed by atoms with van der Waals surface area (Å²) < 4.78 is 5.43. The van der Waals surface area contributed by atoms with E-state index in [4.69, 9.17) is 16.3 Å². The largest absolute Gasteiger partial charge is 0.478 e. The Hall–Kier alpha value is -0.830. The molecule has 0 fully saturated rings. The summed E-state index contributed by atoms with van der Waals surface area (Å²) in [7, 11) is 0. The van der Waals surface area contributed by atoms with Crippen LogP contribution in [0.15, 0.2) is 12.4 Å². The topological polar surface area (TPSA) is 35.0 Å². The zero-order chi connectivity index (χ0) is 11.3. The summed E-state index contributed by atoms with van der Waals surface area (Å²) in [6.45, 7) is 6.75. The van der Waals surface area contributed by atoms with E-state index in [-0.39, 0.29) is 11.3 Å². The molecule has 1 rings (SSSR count). The normalized spacial score (nSPS) is 14.7. The SMILES string of the molecule is CCCOc1cc(C(C)C(C)Cl)ncn1. The highest BCUT2D eigenvalue weighted by atomic mass is 35.5. The molecule has 4 heteroatoms. The van der Waals surface area contributed by atoms with E-state index < -0.39 is 0 Å². The Balaban J connectivity index is 2.73. The Morgan fingerprint density at radius 2 is 2.13 bits per heavy atom. The number of ether oxygens (including phenoxy) is 1. The highest BCUT2D eigenvalue weighted by Crippen LogP contribution is 2.22. The van der Waals surface area contributed by atoms with E-state index in [0.717, 1.165) is 12.1 Å². The average Bonchev–Trinajstić information content (AvgIpc) is 2.25. The van der Waals surface area contributed by atoms with Crippen molar-refractivity contribution in [1.82, 2.24) is 9.97 Å². The maximum atomic E-state index is 6.02. The molecule has 0 saturated carbocycles. The molecular weight excluding hydrogens is 212 g/mol. The molecule has 1 heterocycles. The van der Waals surface area contributed by atoms with Crippen LogP contribution in [0.25, 0.3) is 0 Å². The quantitative estimate of drug-likeness (QED) is 0.727. The predicted molar refractivity (Wildman–Crippen MR) is 61.5 cm³/mol. The van der Waals surface area contributed by atoms with Crippen LogP contribution in [0.2, 0.25) is 0 Å². The second-order valence-electron chi connectivity index (χ2n) is 3.60. The summed E-state index contributed by atoms with van der Waals surface area (Å²) >= 11 is 6.02. The zero-order valence-electron chi connectivity index (χ0n) is 9.40. The van der Waals surface area contributed by atoms with Gasteiger partial charge in [0.2, 0.25) is 5.88 Å². The molecule has 3 nitrogen and oxygen atoms in total. The lowest BCUT2D eigenvalue weighted by Gasteiger charge is -2.13. The van der Waals surface area contributed by atoms with Crippen molar-refractivity contribution in [1.29, 1.82) is 0 Å². The van der Waals surface area contributed by atoms with Crippen molar-refractivity contribution in [3.05, 3.63) is 18.1 Å². The van der Waals surface area contributed by atoms with Crippen LogP contribution in [0.3, 0.4) is 0 Å². The number of alkyl halides is 1. The van der Waals surface area contributed by atoms with Gasteiger partial charge in [0.25, 0.3) is 0 Å². The summed E-state index contributed by atoms with van der Waals surface area (Å²) in [6.07, 6.45) is 2.50. The lowest BCUT2D eigenvalue weighted by molar-refractivity contribution is 0.304. The Morgan fingerprint density at radius 1 is 1.40 bits per heavy atom. The standard InChI is InChI=1S/C11H17ClN2O/c1-4-5-15-11-6-10(13-7-14-11)8(2)9(3)12/h6-9H,4-5H2,1-3H3. The molecule has 0 bridgehead atoms. The molecule has 15 heavy (non-hydrogen) atoms. The van der Waals surface area contributed by atoms with Crippen LogP contribution in [-0.4, -0.2) is 22.0 Å². The summed E-state index contributed by atoms with van der Waals surface area (Å²) in [5.41, 5.74) is 0.929. The van der Waals surface area contributed by atoms with Gasteiger partial charge < -0.3 is 4.74 Å². The molecule has 0 aliphatic rings. The first-order chi connectivity index (χ1) is 7.15. The van der Waals surface area contributed by atoms with Gasteiger partial charge in [0.05, 0.1) is 12.3 Å². The van der Waals surface area contributed by atoms with E-state index >= 15 is 0 Å². The smallest absolute Gasteiger partial charge is 0.216 e. The van der Waals surface area contributed by atoms with Crippen molar-refractivity contribution in [3.63, 3.8) is 0 Å². The van der Waals surface area contributed by atoms with Gasteiger partial charge in [-0.1, -0.05) is 13.8 Å². The zero-order valence-corrected chi connectivity index (χ0v) is 10.2. The van der Waals surface area contributed by atoms with Crippen LogP contribution in [0, 0.1) is 0 Å². The fourth-order valence-electron chi connectivity index (χ4n) is 1.12. The van der Waals surface area contributed by atoms with Crippen LogP contribution in [0.5, 0.6) is 5.88 Å². The maximum absolute atomic E-state index is 6.02. The van der Waals surface area contributed by atoms with Crippen LogP contribution < -0.4 is 4.74 Å². The number of nitrogens with zero attached hydrogens (tertiary/aromatic N) is 2. The molecule has 0 amide bonds. The summed E-state index contributed by atoms with van der Waals surface area (Å²) in [5.74, 6) is 0.838. The Labute approximate surface area is 95.8 Å². The van der Waals surface area contributed by atoms with Gasteiger partial charge in [-0.05, 0) is 13.3 Å². The second kappa shape index (κ2) is 5.91. The minimum atomic E-state index is 0.0546. The molecule has 2 unspecified atom stereocenters. The van der Waals surface area contributed by atoms with Crippen molar-refractivity contribution in [2.75, 3.05) is 6.61 Å². The minimum Gasteiger partial charge on any atom is -0.478 e. The summed E-state index contributed by atoms with van der Waals surface area (Å²) in [5, 5.41) is 0.0546. The van der Waals surface area contributed by atoms with Crippen LogP contribution in [0.1, 0.15) is 38.8 Å². The number of halogens is 1. The van der Waals surface area contributed by atoms with Gasteiger partial charge in [-0.3, -0.25) is 0 Å². The molecule has 0 aromatic carbocycles. The summed E-state index contributed by atoms with van der Waals surface area (Å²) in [4.78, 5) is 8.24. The molecule has 0 aliphatic carbocycles. The highest BCUT2D eigenvalue weighted by molar-refractivity contribution is 6.20. The first kappa shape index (κ1) is 12.2. The first-order valence-corrected chi connectivity index (χ1v) is 5.67. The molecule has 1 aromatic rings. The van der Waals surface area contributed by atoms with Crippen molar-refractivity contribution in [3.8, 4) is 5.88 Å². The van der Waals surface area contributed by atoms with Gasteiger partial charge >= 0.3 is 0 Å². The average molecular weight is 229 g/mol. The number of aromatic nitrogens is 2. The van der Waals surface area contributed by atoms with E-state index in [1.807, 2.05) is 19.9 Å². The van der Waals surface area contributed by atoms with E-state index in [9.17, 15) is 0 Å². The van der Waals surface area contributed by atoms with E-state index in [2.05, 4.69) is 16.9 Å². The monoisotopic (exact) mass is 228 g/mol. The number of hydrogen-bond donors (Lipinski definition) is 0. The van der Waals surface area contributed by atoms with E-state index in [1.54, 1.807) is 0 Å². The maximum Gasteiger partial charge on any atom is 0.216 e. The molecule has 0 N–H and O–H groups in total. The van der Waals surface area contributed by atoms with Gasteiger partial charge in [-0.15, -0.1) is 11.6 Å². The lowest BCUT2D eigenvalue weighted by atomic mass is 10.0. The van der Waals surface area contributed by atoms with Crippen molar-refractivity contribution >= 4 is 11.6 Å². The van der Waals surface area contributed by atoms with Crippen molar-refractivity contribution in [2.45, 2.75) is 38.5 Å². The number of hydrogen-bond acceptors (Lipinski definition) is 3. The van der Waals surface area contributed by atoms with Gasteiger partial charge in [-0.2, -0.15) is 0 Å². The molecule has 84 valence electrons. The van der Waals surface area contributed by atoms with Gasteiger partial charge in [0, 0.05) is 17.4 Å². The van der Waals surface area contributed by atoms with Crippen molar-refractivity contribution in [2.24, 2.45) is 0 Å². The molecule has 0 spiro atoms. The predicted octanol–water partition coefficient (Wildman–Crippen LogP) is 3.00. The fraction of sp³-hybridized carbons (Fsp3) is 0.636. The Kier molecular flexibility index (Phi) is 4.82. The van der Waals surface area contributed by atoms with E-state index in [1.165, 1.54) is 6.33 Å². The van der Waals surface area contributed by atoms with Gasteiger partial charge in [-0.25, -0.2) is 9.97 Å². The molecule has 0 aliphatic heterocycles. The second-order valence-corrected chi connectivity index (χ2v) is 4.28. The third-order valence-electron chi connectivity index (χ3n) is 2.27. The molecule has 1 aromatic heterocycles.